The van der Waals surface area contributed by atoms with Crippen molar-refractivity contribution in [1.82, 2.24) is 0 Å². The van der Waals surface area contributed by atoms with E-state index in [-0.39, 0.29) is 50.2 Å². The number of hydrogen-bond donors (Lipinski definition) is 1. The Hall–Kier alpha value is -4.99. The molecule has 0 unspecified atom stereocenters. The fraction of sp³-hybridized carbons (Fsp3) is 0.100. The molecule has 0 bridgehead atoms. The minimum atomic E-state index is -5.15. The largest absolute Gasteiger partial charge is 0.471 e. The van der Waals surface area contributed by atoms with Crippen LogP contribution in [-0.2, 0) is 14.3 Å². The summed E-state index contributed by atoms with van der Waals surface area (Å²) in [6.45, 7) is 0. The molecule has 0 saturated heterocycles. The van der Waals surface area contributed by atoms with Gasteiger partial charge in [0, 0.05) is 22.4 Å². The number of methoxy groups -OCH3 is 2. The molecule has 0 aliphatic rings. The minimum Gasteiger partial charge on any atom is -0.465 e. The van der Waals surface area contributed by atoms with Gasteiger partial charge in [-0.3, -0.25) is 4.79 Å². The van der Waals surface area contributed by atoms with Crippen LogP contribution < -0.4 is 5.32 Å². The second-order valence-corrected chi connectivity index (χ2v) is 8.46. The van der Waals surface area contributed by atoms with Crippen LogP contribution in [0.15, 0.2) is 84.9 Å². The maximum absolute atomic E-state index is 16.4. The molecule has 0 fully saturated rings. The van der Waals surface area contributed by atoms with Crippen LogP contribution >= 0.6 is 0 Å². The van der Waals surface area contributed by atoms with E-state index < -0.39 is 29.8 Å². The molecular weight excluding hydrogens is 530 g/mol. The number of nitrogens with one attached hydrogen (secondary N) is 1. The van der Waals surface area contributed by atoms with Crippen LogP contribution in [0.1, 0.15) is 20.7 Å². The normalized spacial score (nSPS) is 11.1. The molecule has 0 atom stereocenters. The van der Waals surface area contributed by atoms with E-state index in [1.165, 1.54) is 74.9 Å². The first-order chi connectivity index (χ1) is 19.1. The van der Waals surface area contributed by atoms with E-state index in [2.05, 4.69) is 0 Å². The number of anilines is 1. The molecule has 4 aromatic rings. The quantitative estimate of drug-likeness (QED) is 0.208. The Balaban J connectivity index is 2.05. The standard InChI is InChI=1S/C30H21F4NO5/c1-39-27(36)21-12-5-3-10-19(21)23-15-17(18-9-7-8-14-25(18)35-29(38)30(32,33)34)16-24(26(23)31)20-11-4-6-13-22(20)28(37)40-2/h3-16H,1-2H3,(H,35,38). The molecule has 0 heterocycles. The molecule has 204 valence electrons. The first kappa shape index (κ1) is 28.0. The Bertz CT molecular complexity index is 1530. The predicted molar refractivity (Wildman–Crippen MR) is 140 cm³/mol. The predicted octanol–water partition coefficient (Wildman–Crippen LogP) is 6.90. The summed E-state index contributed by atoms with van der Waals surface area (Å²) in [5, 5.41) is 1.85. The maximum Gasteiger partial charge on any atom is 0.471 e. The number of benzene rings is 4. The number of rotatable bonds is 6. The summed E-state index contributed by atoms with van der Waals surface area (Å²) in [5.41, 5.74) is 0.312. The molecule has 0 radical (unpaired) electrons. The third-order valence-corrected chi connectivity index (χ3v) is 6.06. The summed E-state index contributed by atoms with van der Waals surface area (Å²) in [6, 6.07) is 20.5. The van der Waals surface area contributed by atoms with E-state index in [1.807, 2.05) is 5.32 Å². The monoisotopic (exact) mass is 551 g/mol. The number of halogens is 4. The first-order valence-electron chi connectivity index (χ1n) is 11.7. The van der Waals surface area contributed by atoms with Crippen molar-refractivity contribution in [3.63, 3.8) is 0 Å². The third kappa shape index (κ3) is 5.56. The van der Waals surface area contributed by atoms with Crippen LogP contribution in [0.4, 0.5) is 23.2 Å². The van der Waals surface area contributed by atoms with Gasteiger partial charge in [-0.1, -0.05) is 54.6 Å². The average Bonchev–Trinajstić information content (AvgIpc) is 2.96. The first-order valence-corrected chi connectivity index (χ1v) is 11.7. The van der Waals surface area contributed by atoms with Crippen molar-refractivity contribution < 1.29 is 41.4 Å². The van der Waals surface area contributed by atoms with Crippen molar-refractivity contribution >= 4 is 23.5 Å². The molecule has 4 aromatic carbocycles. The van der Waals surface area contributed by atoms with Gasteiger partial charge in [-0.15, -0.1) is 0 Å². The summed E-state index contributed by atoms with van der Waals surface area (Å²) in [6.07, 6.45) is -5.15. The fourth-order valence-corrected chi connectivity index (χ4v) is 4.22. The van der Waals surface area contributed by atoms with Gasteiger partial charge in [0.25, 0.3) is 0 Å². The zero-order valence-electron chi connectivity index (χ0n) is 21.1. The maximum atomic E-state index is 16.4. The molecule has 10 heteroatoms. The van der Waals surface area contributed by atoms with Gasteiger partial charge in [0.15, 0.2) is 0 Å². The number of esters is 2. The van der Waals surface area contributed by atoms with Crippen LogP contribution in [0, 0.1) is 5.82 Å². The van der Waals surface area contributed by atoms with Crippen molar-refractivity contribution in [2.24, 2.45) is 0 Å². The molecule has 40 heavy (non-hydrogen) atoms. The molecule has 1 N–H and O–H groups in total. The van der Waals surface area contributed by atoms with E-state index in [4.69, 9.17) is 9.47 Å². The van der Waals surface area contributed by atoms with Gasteiger partial charge in [-0.05, 0) is 47.0 Å². The average molecular weight is 551 g/mol. The van der Waals surface area contributed by atoms with Gasteiger partial charge in [-0.25, -0.2) is 14.0 Å². The SMILES string of the molecule is COC(=O)c1ccccc1-c1cc(-c2ccccc2NC(=O)C(F)(F)F)cc(-c2ccccc2C(=O)OC)c1F. The van der Waals surface area contributed by atoms with E-state index in [0.29, 0.717) is 0 Å². The number of hydrogen-bond acceptors (Lipinski definition) is 5. The summed E-state index contributed by atoms with van der Waals surface area (Å²) >= 11 is 0. The molecule has 6 nitrogen and oxygen atoms in total. The summed E-state index contributed by atoms with van der Waals surface area (Å²) < 4.78 is 65.2. The number of alkyl halides is 3. The number of carbonyl (C=O) groups excluding carboxylic acids is 3. The van der Waals surface area contributed by atoms with E-state index in [1.54, 1.807) is 24.3 Å². The van der Waals surface area contributed by atoms with E-state index in [9.17, 15) is 27.6 Å². The Morgan fingerprint density at radius 1 is 0.650 bits per heavy atom. The van der Waals surface area contributed by atoms with Gasteiger partial charge >= 0.3 is 24.0 Å². The second-order valence-electron chi connectivity index (χ2n) is 8.46. The van der Waals surface area contributed by atoms with Gasteiger partial charge in [0.2, 0.25) is 0 Å². The van der Waals surface area contributed by atoms with Crippen molar-refractivity contribution in [2.45, 2.75) is 6.18 Å². The Morgan fingerprint density at radius 2 is 1.07 bits per heavy atom. The van der Waals surface area contributed by atoms with Crippen LogP contribution in [-0.4, -0.2) is 38.2 Å². The topological polar surface area (TPSA) is 81.7 Å². The van der Waals surface area contributed by atoms with Gasteiger partial charge in [-0.2, -0.15) is 13.2 Å². The Kier molecular flexibility index (Phi) is 7.99. The van der Waals surface area contributed by atoms with Crippen LogP contribution in [0.5, 0.6) is 0 Å². The highest BCUT2D eigenvalue weighted by Gasteiger charge is 2.39. The van der Waals surface area contributed by atoms with Crippen molar-refractivity contribution in [1.29, 1.82) is 0 Å². The molecule has 0 aliphatic heterocycles. The zero-order chi connectivity index (χ0) is 29.0. The summed E-state index contributed by atoms with van der Waals surface area (Å²) in [4.78, 5) is 36.8. The molecule has 4 rings (SSSR count). The minimum absolute atomic E-state index is 0.0342. The Morgan fingerprint density at radius 3 is 1.52 bits per heavy atom. The fourth-order valence-electron chi connectivity index (χ4n) is 4.22. The lowest BCUT2D eigenvalue weighted by molar-refractivity contribution is -0.167. The number of ether oxygens (including phenoxy) is 2. The molecule has 0 aliphatic carbocycles. The smallest absolute Gasteiger partial charge is 0.465 e. The number of amides is 1. The number of para-hydroxylation sites is 1. The van der Waals surface area contributed by atoms with Crippen LogP contribution in [0.3, 0.4) is 0 Å². The lowest BCUT2D eigenvalue weighted by Crippen LogP contribution is -2.30. The lowest BCUT2D eigenvalue weighted by atomic mass is 9.89. The highest BCUT2D eigenvalue weighted by Crippen LogP contribution is 2.40. The zero-order valence-corrected chi connectivity index (χ0v) is 21.1. The van der Waals surface area contributed by atoms with Crippen molar-refractivity contribution in [3.8, 4) is 33.4 Å². The van der Waals surface area contributed by atoms with Crippen LogP contribution in [0.2, 0.25) is 0 Å². The second kappa shape index (κ2) is 11.4. The Labute approximate surface area is 226 Å². The van der Waals surface area contributed by atoms with Crippen LogP contribution in [0.25, 0.3) is 33.4 Å². The number of carbonyl (C=O) groups is 3. The van der Waals surface area contributed by atoms with E-state index in [0.717, 1.165) is 0 Å². The molecule has 0 spiro atoms. The van der Waals surface area contributed by atoms with Gasteiger partial charge in [0.1, 0.15) is 5.82 Å². The van der Waals surface area contributed by atoms with Crippen molar-refractivity contribution in [2.75, 3.05) is 19.5 Å². The van der Waals surface area contributed by atoms with Gasteiger partial charge in [0.05, 0.1) is 25.3 Å². The lowest BCUT2D eigenvalue weighted by Gasteiger charge is -2.18. The molecule has 1 amide bonds. The van der Waals surface area contributed by atoms with Crippen molar-refractivity contribution in [3.05, 3.63) is 102 Å². The third-order valence-electron chi connectivity index (χ3n) is 6.06. The summed E-state index contributed by atoms with van der Waals surface area (Å²) in [7, 11) is 2.34. The molecular formula is C30H21F4NO5. The summed E-state index contributed by atoms with van der Waals surface area (Å²) in [5.74, 6) is -4.48. The molecule has 0 aromatic heterocycles. The van der Waals surface area contributed by atoms with Gasteiger partial charge < -0.3 is 14.8 Å². The highest BCUT2D eigenvalue weighted by molar-refractivity contribution is 6.02. The highest BCUT2D eigenvalue weighted by atomic mass is 19.4. The van der Waals surface area contributed by atoms with E-state index >= 15 is 4.39 Å². The molecule has 0 saturated carbocycles.